The van der Waals surface area contributed by atoms with Crippen molar-refractivity contribution in [3.05, 3.63) is 80.0 Å². The Bertz CT molecular complexity index is 1220. The first-order chi connectivity index (χ1) is 17.3. The fourth-order valence-corrected chi connectivity index (χ4v) is 5.40. The number of halogens is 1. The van der Waals surface area contributed by atoms with E-state index in [0.29, 0.717) is 27.1 Å². The zero-order valence-corrected chi connectivity index (χ0v) is 22.4. The van der Waals surface area contributed by atoms with Gasteiger partial charge in [-0.1, -0.05) is 29.8 Å². The largest absolute Gasteiger partial charge is 0.497 e. The van der Waals surface area contributed by atoms with Gasteiger partial charge in [-0.15, -0.1) is 11.3 Å². The third kappa shape index (κ3) is 6.66. The number of thiophene rings is 1. The van der Waals surface area contributed by atoms with Crippen molar-refractivity contribution in [2.45, 2.75) is 31.7 Å². The quantitative estimate of drug-likeness (QED) is 0.441. The highest BCUT2D eigenvalue weighted by molar-refractivity contribution is 7.18. The number of hydrogen-bond donors (Lipinski definition) is 1. The summed E-state index contributed by atoms with van der Waals surface area (Å²) in [5.41, 5.74) is 4.44. The number of likely N-dealkylation sites (N-methyl/N-ethyl adjacent to an activating group) is 1. The van der Waals surface area contributed by atoms with Crippen LogP contribution in [0.1, 0.15) is 31.9 Å². The molecule has 1 unspecified atom stereocenters. The summed E-state index contributed by atoms with van der Waals surface area (Å²) in [7, 11) is 5.30. The predicted molar refractivity (Wildman–Crippen MR) is 144 cm³/mol. The fraction of sp³-hybridized carbons (Fsp3) is 0.357. The number of ketones is 1. The van der Waals surface area contributed by atoms with Crippen molar-refractivity contribution in [2.75, 3.05) is 34.4 Å². The topological polar surface area (TPSA) is 67.9 Å². The second kappa shape index (κ2) is 11.9. The number of hydrogen-bond acceptors (Lipinski definition) is 6. The number of benzene rings is 2. The van der Waals surface area contributed by atoms with Crippen molar-refractivity contribution < 1.29 is 19.1 Å². The zero-order chi connectivity index (χ0) is 25.7. The first-order valence-electron chi connectivity index (χ1n) is 11.9. The molecule has 8 heteroatoms. The molecule has 1 aliphatic rings. The molecule has 0 saturated carbocycles. The molecule has 1 N–H and O–H groups in total. The molecule has 36 heavy (non-hydrogen) atoms. The molecule has 0 fully saturated rings. The molecular weight excluding hydrogens is 496 g/mol. The molecule has 3 aromatic rings. The second-order valence-electron chi connectivity index (χ2n) is 9.10. The standard InChI is InChI=1S/C28H31ClN2O4S/c1-31-10-8-20-5-4-18(12-21(20)9-11-31)16-25(32)24(30-28(33)26-6-7-27(29)36-26)15-19-13-22(34-2)17-23(14-19)35-3/h4-7,12-14,17,24H,8-11,15-16H2,1-3H3,(H,30,33). The molecule has 6 nitrogen and oxygen atoms in total. The van der Waals surface area contributed by atoms with Crippen molar-refractivity contribution in [1.82, 2.24) is 10.2 Å². The Balaban J connectivity index is 1.57. The first-order valence-corrected chi connectivity index (χ1v) is 13.1. The van der Waals surface area contributed by atoms with Crippen LogP contribution in [-0.2, 0) is 30.5 Å². The summed E-state index contributed by atoms with van der Waals surface area (Å²) >= 11 is 7.21. The molecular formula is C28H31ClN2O4S. The number of ether oxygens (including phenoxy) is 2. The maximum Gasteiger partial charge on any atom is 0.261 e. The van der Waals surface area contributed by atoms with Gasteiger partial charge in [0, 0.05) is 32.0 Å². The Kier molecular flexibility index (Phi) is 8.67. The van der Waals surface area contributed by atoms with E-state index in [4.69, 9.17) is 21.1 Å². The van der Waals surface area contributed by atoms with E-state index < -0.39 is 6.04 Å². The number of fused-ring (bicyclic) bond motifs is 1. The summed E-state index contributed by atoms with van der Waals surface area (Å²) in [4.78, 5) is 29.3. The maximum absolute atomic E-state index is 13.6. The van der Waals surface area contributed by atoms with Crippen LogP contribution in [0.25, 0.3) is 0 Å². The first kappa shape index (κ1) is 26.2. The SMILES string of the molecule is COc1cc(CC(NC(=O)c2ccc(Cl)s2)C(=O)Cc2ccc3c(c2)CCN(C)CC3)cc(OC)c1. The Labute approximate surface area is 221 Å². The van der Waals surface area contributed by atoms with Gasteiger partial charge in [0.05, 0.1) is 29.5 Å². The highest BCUT2D eigenvalue weighted by Gasteiger charge is 2.24. The molecule has 190 valence electrons. The van der Waals surface area contributed by atoms with Gasteiger partial charge in [0.25, 0.3) is 5.91 Å². The molecule has 4 rings (SSSR count). The minimum Gasteiger partial charge on any atom is -0.497 e. The van der Waals surface area contributed by atoms with Gasteiger partial charge in [-0.05, 0) is 66.4 Å². The third-order valence-electron chi connectivity index (χ3n) is 6.52. The van der Waals surface area contributed by atoms with Crippen LogP contribution in [0.5, 0.6) is 11.5 Å². The summed E-state index contributed by atoms with van der Waals surface area (Å²) in [5, 5.41) is 2.94. The number of carbonyl (C=O) groups excluding carboxylic acids is 2. The van der Waals surface area contributed by atoms with Crippen LogP contribution >= 0.6 is 22.9 Å². The predicted octanol–water partition coefficient (Wildman–Crippen LogP) is 4.60. The van der Waals surface area contributed by atoms with Crippen LogP contribution in [-0.4, -0.2) is 57.0 Å². The molecule has 0 saturated heterocycles. The molecule has 0 aliphatic carbocycles. The highest BCUT2D eigenvalue weighted by Crippen LogP contribution is 2.25. The van der Waals surface area contributed by atoms with E-state index >= 15 is 0 Å². The van der Waals surface area contributed by atoms with E-state index in [2.05, 4.69) is 29.4 Å². The lowest BCUT2D eigenvalue weighted by molar-refractivity contribution is -0.120. The third-order valence-corrected chi connectivity index (χ3v) is 7.75. The van der Waals surface area contributed by atoms with Gasteiger partial charge in [-0.2, -0.15) is 0 Å². The number of carbonyl (C=O) groups is 2. The van der Waals surface area contributed by atoms with Gasteiger partial charge in [0.15, 0.2) is 5.78 Å². The van der Waals surface area contributed by atoms with E-state index in [0.717, 1.165) is 37.1 Å². The van der Waals surface area contributed by atoms with Gasteiger partial charge in [-0.25, -0.2) is 0 Å². The van der Waals surface area contributed by atoms with Gasteiger partial charge < -0.3 is 19.7 Å². The lowest BCUT2D eigenvalue weighted by Gasteiger charge is -2.19. The van der Waals surface area contributed by atoms with Crippen LogP contribution < -0.4 is 14.8 Å². The number of Topliss-reactive ketones (excluding diaryl/α,β-unsaturated/α-hetero) is 1. The Morgan fingerprint density at radius 3 is 2.31 bits per heavy atom. The summed E-state index contributed by atoms with van der Waals surface area (Å²) in [6.07, 6.45) is 2.53. The van der Waals surface area contributed by atoms with E-state index in [-0.39, 0.29) is 18.1 Å². The van der Waals surface area contributed by atoms with Gasteiger partial charge in [0.1, 0.15) is 11.5 Å². The van der Waals surface area contributed by atoms with Crippen LogP contribution in [0.4, 0.5) is 0 Å². The molecule has 1 aromatic heterocycles. The average Bonchev–Trinajstić information content (AvgIpc) is 3.23. The van der Waals surface area contributed by atoms with Gasteiger partial charge >= 0.3 is 0 Å². The monoisotopic (exact) mass is 526 g/mol. The number of nitrogens with zero attached hydrogens (tertiary/aromatic N) is 1. The lowest BCUT2D eigenvalue weighted by atomic mass is 9.94. The summed E-state index contributed by atoms with van der Waals surface area (Å²) in [6, 6.07) is 14.4. The number of amides is 1. The molecule has 1 atom stereocenters. The Morgan fingerprint density at radius 2 is 1.67 bits per heavy atom. The Morgan fingerprint density at radius 1 is 0.972 bits per heavy atom. The molecule has 1 amide bonds. The van der Waals surface area contributed by atoms with E-state index in [1.807, 2.05) is 18.2 Å². The normalized spacial score (nSPS) is 14.4. The van der Waals surface area contributed by atoms with Gasteiger partial charge in [0.2, 0.25) is 0 Å². The number of nitrogens with one attached hydrogen (secondary N) is 1. The maximum atomic E-state index is 13.6. The van der Waals surface area contributed by atoms with E-state index in [1.54, 1.807) is 32.4 Å². The summed E-state index contributed by atoms with van der Waals surface area (Å²) in [5.74, 6) is 0.883. The zero-order valence-electron chi connectivity index (χ0n) is 20.8. The van der Waals surface area contributed by atoms with Crippen LogP contribution in [0.3, 0.4) is 0 Å². The highest BCUT2D eigenvalue weighted by atomic mass is 35.5. The van der Waals surface area contributed by atoms with Crippen molar-refractivity contribution in [3.8, 4) is 11.5 Å². The molecule has 0 spiro atoms. The lowest BCUT2D eigenvalue weighted by Crippen LogP contribution is -2.43. The van der Waals surface area contributed by atoms with Crippen molar-refractivity contribution in [1.29, 1.82) is 0 Å². The second-order valence-corrected chi connectivity index (χ2v) is 10.8. The molecule has 2 heterocycles. The molecule has 0 bridgehead atoms. The van der Waals surface area contributed by atoms with Crippen LogP contribution in [0.2, 0.25) is 4.34 Å². The minimum absolute atomic E-state index is 0.0570. The number of methoxy groups -OCH3 is 2. The number of rotatable bonds is 9. The van der Waals surface area contributed by atoms with Crippen LogP contribution in [0.15, 0.2) is 48.5 Å². The van der Waals surface area contributed by atoms with E-state index in [1.165, 1.54) is 22.5 Å². The molecule has 1 aliphatic heterocycles. The Hall–Kier alpha value is -2.87. The molecule has 2 aromatic carbocycles. The molecule has 0 radical (unpaired) electrons. The van der Waals surface area contributed by atoms with Crippen molar-refractivity contribution >= 4 is 34.6 Å². The summed E-state index contributed by atoms with van der Waals surface area (Å²) in [6.45, 7) is 2.04. The fourth-order valence-electron chi connectivity index (χ4n) is 4.46. The van der Waals surface area contributed by atoms with Crippen LogP contribution in [0, 0.1) is 0 Å². The van der Waals surface area contributed by atoms with E-state index in [9.17, 15) is 9.59 Å². The minimum atomic E-state index is -0.722. The van der Waals surface area contributed by atoms with Crippen molar-refractivity contribution in [3.63, 3.8) is 0 Å². The summed E-state index contributed by atoms with van der Waals surface area (Å²) < 4.78 is 11.3. The average molecular weight is 527 g/mol. The van der Waals surface area contributed by atoms with Crippen molar-refractivity contribution in [2.24, 2.45) is 0 Å². The van der Waals surface area contributed by atoms with Gasteiger partial charge in [-0.3, -0.25) is 9.59 Å². The smallest absolute Gasteiger partial charge is 0.261 e.